The van der Waals surface area contributed by atoms with Gasteiger partial charge in [-0.25, -0.2) is 0 Å². The number of hydrogen-bond acceptors (Lipinski definition) is 4. The van der Waals surface area contributed by atoms with Crippen molar-refractivity contribution in [1.82, 2.24) is 0 Å². The lowest BCUT2D eigenvalue weighted by molar-refractivity contribution is -0.115. The largest absolute Gasteiger partial charge is 0.369 e. The summed E-state index contributed by atoms with van der Waals surface area (Å²) in [7, 11) is 0. The van der Waals surface area contributed by atoms with Crippen LogP contribution in [-0.2, 0) is 11.2 Å². The number of aryl methyl sites for hydroxylation is 2. The lowest BCUT2D eigenvalue weighted by Gasteiger charge is -2.09. The molecule has 3 N–H and O–H groups in total. The van der Waals surface area contributed by atoms with Crippen molar-refractivity contribution in [3.63, 3.8) is 0 Å². The third-order valence-corrected chi connectivity index (χ3v) is 5.55. The Hall–Kier alpha value is -1.79. The predicted octanol–water partition coefficient (Wildman–Crippen LogP) is 3.45. The molecule has 0 spiro atoms. The number of nitrogens with two attached hydrogens (primary N) is 1. The van der Waals surface area contributed by atoms with Gasteiger partial charge in [-0.2, -0.15) is 0 Å². The van der Waals surface area contributed by atoms with Crippen molar-refractivity contribution in [2.75, 3.05) is 11.1 Å². The van der Waals surface area contributed by atoms with Crippen molar-refractivity contribution in [3.05, 3.63) is 45.6 Å². The van der Waals surface area contributed by atoms with Gasteiger partial charge in [-0.05, 0) is 37.1 Å². The normalized spacial score (nSPS) is 10.5. The van der Waals surface area contributed by atoms with Crippen LogP contribution in [0.1, 0.15) is 27.0 Å². The van der Waals surface area contributed by atoms with Gasteiger partial charge >= 0.3 is 0 Å². The SMILES string of the molecule is CCc1sc(C(=O)Nc2ccccc2SCC(N)=O)cc1C. The highest BCUT2D eigenvalue weighted by molar-refractivity contribution is 8.00. The highest BCUT2D eigenvalue weighted by Crippen LogP contribution is 2.28. The summed E-state index contributed by atoms with van der Waals surface area (Å²) >= 11 is 2.84. The predicted molar refractivity (Wildman–Crippen MR) is 92.7 cm³/mol. The summed E-state index contributed by atoms with van der Waals surface area (Å²) in [4.78, 5) is 26.1. The number of rotatable bonds is 6. The van der Waals surface area contributed by atoms with E-state index < -0.39 is 0 Å². The summed E-state index contributed by atoms with van der Waals surface area (Å²) < 4.78 is 0. The molecule has 0 fully saturated rings. The van der Waals surface area contributed by atoms with Crippen molar-refractivity contribution in [2.24, 2.45) is 5.73 Å². The fourth-order valence-corrected chi connectivity index (χ4v) is 3.77. The Morgan fingerprint density at radius 2 is 2.05 bits per heavy atom. The summed E-state index contributed by atoms with van der Waals surface area (Å²) in [5.41, 5.74) is 7.02. The van der Waals surface area contributed by atoms with E-state index in [0.29, 0.717) is 10.6 Å². The minimum absolute atomic E-state index is 0.125. The fourth-order valence-electron chi connectivity index (χ4n) is 2.01. The molecule has 0 radical (unpaired) electrons. The van der Waals surface area contributed by atoms with Gasteiger partial charge in [-0.15, -0.1) is 23.1 Å². The van der Waals surface area contributed by atoms with Crippen molar-refractivity contribution in [3.8, 4) is 0 Å². The van der Waals surface area contributed by atoms with E-state index in [1.54, 1.807) is 0 Å². The number of benzene rings is 1. The molecule has 0 unspecified atom stereocenters. The average molecular weight is 334 g/mol. The van der Waals surface area contributed by atoms with Gasteiger partial charge in [0.1, 0.15) is 0 Å². The number of thiophene rings is 1. The fraction of sp³-hybridized carbons (Fsp3) is 0.250. The number of nitrogens with one attached hydrogen (secondary N) is 1. The Labute approximate surface area is 138 Å². The highest BCUT2D eigenvalue weighted by Gasteiger charge is 2.13. The van der Waals surface area contributed by atoms with E-state index in [4.69, 9.17) is 5.73 Å². The molecule has 0 saturated carbocycles. The first-order valence-corrected chi connectivity index (χ1v) is 8.72. The second-order valence-corrected chi connectivity index (χ2v) is 6.93. The molecule has 4 nitrogen and oxygen atoms in total. The lowest BCUT2D eigenvalue weighted by atomic mass is 10.2. The summed E-state index contributed by atoms with van der Waals surface area (Å²) in [6, 6.07) is 9.31. The molecule has 0 aliphatic heterocycles. The Balaban J connectivity index is 2.15. The molecule has 1 heterocycles. The van der Waals surface area contributed by atoms with E-state index in [0.717, 1.165) is 16.9 Å². The second kappa shape index (κ2) is 7.47. The van der Waals surface area contributed by atoms with Crippen molar-refractivity contribution >= 4 is 40.6 Å². The van der Waals surface area contributed by atoms with Crippen LogP contribution in [0.4, 0.5) is 5.69 Å². The first-order valence-electron chi connectivity index (χ1n) is 6.92. The molecular formula is C16H18N2O2S2. The molecule has 0 aliphatic rings. The number of hydrogen-bond donors (Lipinski definition) is 2. The van der Waals surface area contributed by atoms with Gasteiger partial charge in [0.2, 0.25) is 5.91 Å². The van der Waals surface area contributed by atoms with Gasteiger partial charge in [0.15, 0.2) is 0 Å². The number of carbonyl (C=O) groups excluding carboxylic acids is 2. The molecule has 116 valence electrons. The maximum Gasteiger partial charge on any atom is 0.265 e. The van der Waals surface area contributed by atoms with Crippen molar-refractivity contribution in [2.45, 2.75) is 25.2 Å². The zero-order chi connectivity index (χ0) is 16.1. The Kier molecular flexibility index (Phi) is 5.63. The average Bonchev–Trinajstić information content (AvgIpc) is 2.87. The molecule has 0 saturated heterocycles. The van der Waals surface area contributed by atoms with Crippen LogP contribution >= 0.6 is 23.1 Å². The number of para-hydroxylation sites is 1. The van der Waals surface area contributed by atoms with Crippen LogP contribution in [0.5, 0.6) is 0 Å². The quantitative estimate of drug-likeness (QED) is 0.795. The van der Waals surface area contributed by atoms with Crippen LogP contribution in [0, 0.1) is 6.92 Å². The second-order valence-electron chi connectivity index (χ2n) is 4.78. The smallest absolute Gasteiger partial charge is 0.265 e. The topological polar surface area (TPSA) is 72.2 Å². The van der Waals surface area contributed by atoms with Gasteiger partial charge in [-0.1, -0.05) is 19.1 Å². The zero-order valence-electron chi connectivity index (χ0n) is 12.5. The van der Waals surface area contributed by atoms with Crippen LogP contribution in [0.2, 0.25) is 0 Å². The first-order chi connectivity index (χ1) is 10.5. The van der Waals surface area contributed by atoms with Crippen molar-refractivity contribution in [1.29, 1.82) is 0 Å². The Morgan fingerprint density at radius 3 is 2.68 bits per heavy atom. The summed E-state index contributed by atoms with van der Waals surface area (Å²) in [5.74, 6) is -0.321. The highest BCUT2D eigenvalue weighted by atomic mass is 32.2. The molecule has 1 aromatic carbocycles. The van der Waals surface area contributed by atoms with Crippen LogP contribution < -0.4 is 11.1 Å². The van der Waals surface area contributed by atoms with E-state index in [1.807, 2.05) is 37.3 Å². The van der Waals surface area contributed by atoms with E-state index >= 15 is 0 Å². The molecule has 2 amide bonds. The molecule has 6 heteroatoms. The van der Waals surface area contributed by atoms with Crippen LogP contribution in [-0.4, -0.2) is 17.6 Å². The lowest BCUT2D eigenvalue weighted by Crippen LogP contribution is -2.14. The van der Waals surface area contributed by atoms with E-state index in [9.17, 15) is 9.59 Å². The minimum atomic E-state index is -0.382. The maximum absolute atomic E-state index is 12.4. The molecular weight excluding hydrogens is 316 g/mol. The number of primary amides is 1. The number of carbonyl (C=O) groups is 2. The van der Waals surface area contributed by atoms with Gasteiger partial charge in [0, 0.05) is 9.77 Å². The van der Waals surface area contributed by atoms with Crippen molar-refractivity contribution < 1.29 is 9.59 Å². The van der Waals surface area contributed by atoms with E-state index in [1.165, 1.54) is 28.0 Å². The van der Waals surface area contributed by atoms with Gasteiger partial charge < -0.3 is 11.1 Å². The Bertz CT molecular complexity index is 695. The number of anilines is 1. The summed E-state index contributed by atoms with van der Waals surface area (Å²) in [6.07, 6.45) is 0.925. The standard InChI is InChI=1S/C16H18N2O2S2/c1-3-12-10(2)8-14(22-12)16(20)18-11-6-4-5-7-13(11)21-9-15(17)19/h4-8H,3,9H2,1-2H3,(H2,17,19)(H,18,20). The molecule has 0 bridgehead atoms. The molecule has 2 aromatic rings. The third-order valence-electron chi connectivity index (χ3n) is 3.07. The molecule has 1 aromatic heterocycles. The number of amides is 2. The number of thioether (sulfide) groups is 1. The minimum Gasteiger partial charge on any atom is -0.369 e. The summed E-state index contributed by atoms with van der Waals surface area (Å²) in [5, 5.41) is 2.91. The van der Waals surface area contributed by atoms with Gasteiger partial charge in [0.25, 0.3) is 5.91 Å². The molecule has 0 aliphatic carbocycles. The first kappa shape index (κ1) is 16.6. The van der Waals surface area contributed by atoms with E-state index in [2.05, 4.69) is 12.2 Å². The summed E-state index contributed by atoms with van der Waals surface area (Å²) in [6.45, 7) is 4.10. The monoisotopic (exact) mass is 334 g/mol. The van der Waals surface area contributed by atoms with Gasteiger partial charge in [-0.3, -0.25) is 9.59 Å². The molecule has 0 atom stereocenters. The van der Waals surface area contributed by atoms with E-state index in [-0.39, 0.29) is 17.6 Å². The maximum atomic E-state index is 12.4. The van der Waals surface area contributed by atoms with Crippen LogP contribution in [0.25, 0.3) is 0 Å². The molecule has 2 rings (SSSR count). The zero-order valence-corrected chi connectivity index (χ0v) is 14.1. The van der Waals surface area contributed by atoms with Gasteiger partial charge in [0.05, 0.1) is 16.3 Å². The molecule has 22 heavy (non-hydrogen) atoms. The Morgan fingerprint density at radius 1 is 1.32 bits per heavy atom. The third kappa shape index (κ3) is 4.11. The van der Waals surface area contributed by atoms with Crippen LogP contribution in [0.3, 0.4) is 0 Å². The van der Waals surface area contributed by atoms with Crippen LogP contribution in [0.15, 0.2) is 35.2 Å².